The number of carbonyl (C=O) groups is 2. The molecular formula is C21H33N5O4S. The molecule has 5 atom stereocenters. The van der Waals surface area contributed by atoms with Crippen LogP contribution in [0.4, 0.5) is 0 Å². The van der Waals surface area contributed by atoms with E-state index in [1.165, 1.54) is 4.90 Å². The Kier molecular flexibility index (Phi) is 6.24. The van der Waals surface area contributed by atoms with Gasteiger partial charge < -0.3 is 30.7 Å². The van der Waals surface area contributed by atoms with Crippen LogP contribution in [0.1, 0.15) is 46.0 Å². The lowest BCUT2D eigenvalue weighted by Gasteiger charge is -2.34. The summed E-state index contributed by atoms with van der Waals surface area (Å²) in [4.78, 5) is 27.9. The molecular weight excluding hydrogens is 418 g/mol. The summed E-state index contributed by atoms with van der Waals surface area (Å²) in [6, 6.07) is 0.588. The van der Waals surface area contributed by atoms with E-state index in [0.717, 1.165) is 50.1 Å². The molecule has 0 aromatic rings. The van der Waals surface area contributed by atoms with Gasteiger partial charge >= 0.3 is 5.97 Å². The van der Waals surface area contributed by atoms with Gasteiger partial charge in [-0.2, -0.15) is 0 Å². The number of piperidine rings is 1. The number of hydrogen-bond donors (Lipinski definition) is 4. The maximum absolute atomic E-state index is 12.0. The maximum atomic E-state index is 12.0. The largest absolute Gasteiger partial charge is 0.477 e. The molecule has 0 bridgehead atoms. The van der Waals surface area contributed by atoms with Gasteiger partial charge in [-0.3, -0.25) is 10.2 Å². The second-order valence-corrected chi connectivity index (χ2v) is 10.8. The Labute approximate surface area is 187 Å². The van der Waals surface area contributed by atoms with Gasteiger partial charge in [0.2, 0.25) is 6.41 Å². The van der Waals surface area contributed by atoms with Gasteiger partial charge in [-0.05, 0) is 39.0 Å². The number of nitrogens with one attached hydrogen (secondary N) is 2. The van der Waals surface area contributed by atoms with Crippen LogP contribution in [0, 0.1) is 11.3 Å². The van der Waals surface area contributed by atoms with Gasteiger partial charge in [-0.25, -0.2) is 4.79 Å². The topological polar surface area (TPSA) is 135 Å². The number of carbonyl (C=O) groups excluding carboxylic acids is 1. The average molecular weight is 452 g/mol. The van der Waals surface area contributed by atoms with Crippen molar-refractivity contribution >= 4 is 30.1 Å². The second kappa shape index (κ2) is 8.63. The Hall–Kier alpha value is -1.78. The third-order valence-corrected chi connectivity index (χ3v) is 8.79. The summed E-state index contributed by atoms with van der Waals surface area (Å²) in [5, 5.41) is 21.5. The maximum Gasteiger partial charge on any atom is 0.353 e. The smallest absolute Gasteiger partial charge is 0.353 e. The highest BCUT2D eigenvalue weighted by atomic mass is 32.2. The van der Waals surface area contributed by atoms with E-state index in [-0.39, 0.29) is 23.6 Å². The Balaban J connectivity index is 1.37. The molecule has 2 saturated heterocycles. The van der Waals surface area contributed by atoms with E-state index in [1.807, 2.05) is 18.7 Å². The van der Waals surface area contributed by atoms with Crippen molar-refractivity contribution in [1.82, 2.24) is 15.1 Å². The molecule has 3 fully saturated rings. The molecule has 172 valence electrons. The van der Waals surface area contributed by atoms with Crippen LogP contribution in [0.25, 0.3) is 0 Å². The SMILES string of the molecule is CC1C(SC2CCC(NC3CCN(C(=N)N)CC3)C2)=C(C(=O)O)N(C=O)C1C1(C)CO1. The zero-order valence-electron chi connectivity index (χ0n) is 18.2. The van der Waals surface area contributed by atoms with Crippen LogP contribution in [0.5, 0.6) is 0 Å². The molecule has 3 heterocycles. The van der Waals surface area contributed by atoms with Gasteiger partial charge in [0.25, 0.3) is 0 Å². The fraction of sp³-hybridized carbons (Fsp3) is 0.762. The quantitative estimate of drug-likeness (QED) is 0.196. The number of carboxylic acids is 1. The Morgan fingerprint density at radius 1 is 1.32 bits per heavy atom. The molecule has 10 heteroatoms. The molecule has 0 radical (unpaired) electrons. The number of likely N-dealkylation sites (tertiary alicyclic amines) is 1. The van der Waals surface area contributed by atoms with Crippen LogP contribution in [-0.4, -0.2) is 81.9 Å². The number of carboxylic acid groups (broad SMARTS) is 1. The first-order chi connectivity index (χ1) is 14.7. The lowest BCUT2D eigenvalue weighted by Crippen LogP contribution is -2.49. The standard InChI is InChI=1S/C21H33N5O4S/c1-12-17(16(19(28)29)26(11-27)18(12)21(2)10-30-21)31-15-4-3-14(9-15)24-13-5-7-25(8-6-13)20(22)23/h11-15,18,24H,3-10H2,1-2H3,(H3,22,23)(H,28,29). The zero-order valence-corrected chi connectivity index (χ0v) is 19.0. The van der Waals surface area contributed by atoms with E-state index in [9.17, 15) is 14.7 Å². The van der Waals surface area contributed by atoms with E-state index < -0.39 is 11.6 Å². The van der Waals surface area contributed by atoms with Crippen LogP contribution >= 0.6 is 11.8 Å². The van der Waals surface area contributed by atoms with Gasteiger partial charge in [0.1, 0.15) is 11.3 Å². The summed E-state index contributed by atoms with van der Waals surface area (Å²) in [5.41, 5.74) is 5.25. The van der Waals surface area contributed by atoms with Crippen molar-refractivity contribution in [3.8, 4) is 0 Å². The fourth-order valence-electron chi connectivity index (χ4n) is 5.47. The van der Waals surface area contributed by atoms with Crippen molar-refractivity contribution in [2.24, 2.45) is 11.7 Å². The van der Waals surface area contributed by atoms with Crippen LogP contribution in [0.2, 0.25) is 0 Å². The summed E-state index contributed by atoms with van der Waals surface area (Å²) in [6.07, 6.45) is 5.69. The van der Waals surface area contributed by atoms with Gasteiger partial charge in [0.15, 0.2) is 5.96 Å². The fourth-order valence-corrected chi connectivity index (χ4v) is 7.06. The van der Waals surface area contributed by atoms with Gasteiger partial charge in [0.05, 0.1) is 12.6 Å². The lowest BCUT2D eigenvalue weighted by atomic mass is 9.92. The highest BCUT2D eigenvalue weighted by Gasteiger charge is 2.57. The van der Waals surface area contributed by atoms with Crippen molar-refractivity contribution < 1.29 is 19.4 Å². The first-order valence-corrected chi connectivity index (χ1v) is 12.0. The van der Waals surface area contributed by atoms with Crippen molar-refractivity contribution in [1.29, 1.82) is 5.41 Å². The molecule has 9 nitrogen and oxygen atoms in total. The Morgan fingerprint density at radius 2 is 2.00 bits per heavy atom. The summed E-state index contributed by atoms with van der Waals surface area (Å²) in [7, 11) is 0. The first kappa shape index (κ1) is 22.4. The minimum absolute atomic E-state index is 0.0586. The molecule has 4 rings (SSSR count). The molecule has 0 spiro atoms. The van der Waals surface area contributed by atoms with E-state index in [4.69, 9.17) is 15.9 Å². The summed E-state index contributed by atoms with van der Waals surface area (Å²) in [5.74, 6) is -0.952. The first-order valence-electron chi connectivity index (χ1n) is 11.1. The number of thioether (sulfide) groups is 1. The number of guanidine groups is 1. The molecule has 1 saturated carbocycles. The average Bonchev–Trinajstić information content (AvgIpc) is 3.19. The van der Waals surface area contributed by atoms with Crippen molar-refractivity contribution in [2.75, 3.05) is 19.7 Å². The van der Waals surface area contributed by atoms with Gasteiger partial charge in [-0.1, -0.05) is 6.92 Å². The molecule has 1 amide bonds. The predicted molar refractivity (Wildman–Crippen MR) is 119 cm³/mol. The van der Waals surface area contributed by atoms with Crippen molar-refractivity contribution in [2.45, 2.75) is 74.9 Å². The highest BCUT2D eigenvalue weighted by Crippen LogP contribution is 2.51. The zero-order chi connectivity index (χ0) is 22.3. The summed E-state index contributed by atoms with van der Waals surface area (Å²) >= 11 is 1.65. The number of nitrogens with zero attached hydrogens (tertiary/aromatic N) is 2. The number of hydrogen-bond acceptors (Lipinski definition) is 6. The normalized spacial score (nSPS) is 36.2. The second-order valence-electron chi connectivity index (χ2n) is 9.43. The number of rotatable bonds is 7. The van der Waals surface area contributed by atoms with Crippen LogP contribution in [0.3, 0.4) is 0 Å². The number of nitrogens with two attached hydrogens (primary N) is 1. The third kappa shape index (κ3) is 4.42. The van der Waals surface area contributed by atoms with E-state index >= 15 is 0 Å². The predicted octanol–water partition coefficient (Wildman–Crippen LogP) is 1.15. The highest BCUT2D eigenvalue weighted by molar-refractivity contribution is 8.03. The lowest BCUT2D eigenvalue weighted by molar-refractivity contribution is -0.137. The van der Waals surface area contributed by atoms with E-state index in [2.05, 4.69) is 5.32 Å². The summed E-state index contributed by atoms with van der Waals surface area (Å²) < 4.78 is 5.59. The third-order valence-electron chi connectivity index (χ3n) is 7.21. The van der Waals surface area contributed by atoms with Crippen LogP contribution in [0.15, 0.2) is 10.6 Å². The minimum Gasteiger partial charge on any atom is -0.477 e. The van der Waals surface area contributed by atoms with Crippen molar-refractivity contribution in [3.05, 3.63) is 10.6 Å². The minimum atomic E-state index is -1.04. The van der Waals surface area contributed by atoms with Crippen LogP contribution in [-0.2, 0) is 14.3 Å². The molecule has 0 aromatic heterocycles. The number of ether oxygens (including phenoxy) is 1. The summed E-state index contributed by atoms with van der Waals surface area (Å²) in [6.45, 7) is 6.14. The van der Waals surface area contributed by atoms with E-state index in [1.54, 1.807) is 11.8 Å². The van der Waals surface area contributed by atoms with Gasteiger partial charge in [0, 0.05) is 41.2 Å². The number of amides is 1. The molecule has 31 heavy (non-hydrogen) atoms. The number of epoxide rings is 1. The van der Waals surface area contributed by atoms with Crippen molar-refractivity contribution in [3.63, 3.8) is 0 Å². The molecule has 5 N–H and O–H groups in total. The van der Waals surface area contributed by atoms with Gasteiger partial charge in [-0.15, -0.1) is 11.8 Å². The van der Waals surface area contributed by atoms with E-state index in [0.29, 0.717) is 30.4 Å². The molecule has 1 aliphatic carbocycles. The molecule has 5 unspecified atom stereocenters. The Morgan fingerprint density at radius 3 is 2.55 bits per heavy atom. The number of aliphatic carboxylic acids is 1. The van der Waals surface area contributed by atoms with Crippen LogP contribution < -0.4 is 11.1 Å². The molecule has 3 aliphatic heterocycles. The molecule has 4 aliphatic rings. The Bertz CT molecular complexity index is 778. The molecule has 0 aromatic carbocycles. The monoisotopic (exact) mass is 451 g/mol.